The van der Waals surface area contributed by atoms with Gasteiger partial charge in [-0.05, 0) is 86.1 Å². The Balaban J connectivity index is 1.38. The molecule has 1 aromatic heterocycles. The molecule has 0 aliphatic heterocycles. The van der Waals surface area contributed by atoms with Crippen molar-refractivity contribution in [2.75, 3.05) is 19.3 Å². The largest absolute Gasteiger partial charge is 0.393 e. The van der Waals surface area contributed by atoms with Crippen molar-refractivity contribution in [2.24, 2.45) is 33.5 Å². The number of aliphatic hydroxyl groups is 2. The number of benzene rings is 1. The molecule has 8 heteroatoms. The zero-order valence-electron chi connectivity index (χ0n) is 25.8. The first-order chi connectivity index (χ1) is 20.2. The Morgan fingerprint density at radius 1 is 1.05 bits per heavy atom. The van der Waals surface area contributed by atoms with E-state index >= 15 is 0 Å². The molecule has 0 amide bonds. The fourth-order valence-corrected chi connectivity index (χ4v) is 12.7. The van der Waals surface area contributed by atoms with Gasteiger partial charge in [0.15, 0.2) is 5.78 Å². The number of aliphatic hydroxyl groups excluding tert-OH is 1. The summed E-state index contributed by atoms with van der Waals surface area (Å²) in [5.41, 5.74) is -1.95. The minimum Gasteiger partial charge on any atom is -0.393 e. The first-order valence-corrected chi connectivity index (χ1v) is 18.7. The first-order valence-electron chi connectivity index (χ1n) is 16.1. The molecule has 0 saturated heterocycles. The molecule has 2 N–H and O–H groups in total. The predicted molar refractivity (Wildman–Crippen MR) is 171 cm³/mol. The Kier molecular flexibility index (Phi) is 6.65. The van der Waals surface area contributed by atoms with Crippen molar-refractivity contribution in [1.82, 2.24) is 4.31 Å². The van der Waals surface area contributed by atoms with Crippen molar-refractivity contribution in [3.05, 3.63) is 59.0 Å². The maximum absolute atomic E-state index is 14.8. The molecule has 1 aromatic carbocycles. The second-order valence-corrected chi connectivity index (χ2v) is 18.0. The highest BCUT2D eigenvalue weighted by atomic mass is 32.2. The Hall–Kier alpha value is -1.84. The zero-order valence-corrected chi connectivity index (χ0v) is 27.4. The summed E-state index contributed by atoms with van der Waals surface area (Å²) in [5, 5.41) is 24.5. The summed E-state index contributed by atoms with van der Waals surface area (Å²) < 4.78 is 28.2. The van der Waals surface area contributed by atoms with Crippen LogP contribution in [0, 0.1) is 33.5 Å². The molecule has 1 unspecified atom stereocenters. The Labute approximate surface area is 259 Å². The second-order valence-electron chi connectivity index (χ2n) is 14.9. The third-order valence-electron chi connectivity index (χ3n) is 13.0. The lowest BCUT2D eigenvalue weighted by Crippen LogP contribution is -2.67. The molecule has 2 spiro atoms. The number of thiophene rings is 1. The Bertz CT molecular complexity index is 1630. The number of allylic oxidation sites excluding steroid dienone is 4. The van der Waals surface area contributed by atoms with Gasteiger partial charge in [0.2, 0.25) is 10.0 Å². The fourth-order valence-electron chi connectivity index (χ4n) is 10.7. The van der Waals surface area contributed by atoms with E-state index in [1.54, 1.807) is 11.3 Å². The number of rotatable bonds is 7. The zero-order chi connectivity index (χ0) is 30.6. The SMILES string of the molecule is CCCN(C[C@]1(O)CC[C@H]2[C@]34C=C[C@@]5(C=C3C(=O)c3cc6ccccc6s3)CC(O)CC[C@]5(C)[C@H]4CC[C@@]21C)S(C)(=O)=O. The number of hydrogen-bond acceptors (Lipinski definition) is 6. The summed E-state index contributed by atoms with van der Waals surface area (Å²) in [6.07, 6.45) is 13.6. The van der Waals surface area contributed by atoms with Crippen LogP contribution in [0.5, 0.6) is 0 Å². The van der Waals surface area contributed by atoms with Gasteiger partial charge in [-0.25, -0.2) is 8.42 Å². The number of carbonyl (C=O) groups is 1. The second kappa shape index (κ2) is 9.58. The molecule has 6 aliphatic carbocycles. The lowest BCUT2D eigenvalue weighted by molar-refractivity contribution is -0.173. The van der Waals surface area contributed by atoms with E-state index in [4.69, 9.17) is 0 Å². The quantitative estimate of drug-likeness (QED) is 0.277. The van der Waals surface area contributed by atoms with Crippen molar-refractivity contribution in [1.29, 1.82) is 0 Å². The Morgan fingerprint density at radius 2 is 1.74 bits per heavy atom. The number of carbonyl (C=O) groups excluding carboxylic acids is 1. The minimum atomic E-state index is -3.49. The molecule has 6 aliphatic rings. The van der Waals surface area contributed by atoms with Gasteiger partial charge >= 0.3 is 0 Å². The van der Waals surface area contributed by atoms with Crippen LogP contribution >= 0.6 is 11.3 Å². The molecule has 43 heavy (non-hydrogen) atoms. The molecule has 1 heterocycles. The van der Waals surface area contributed by atoms with Crippen LogP contribution in [0.1, 0.15) is 81.8 Å². The third-order valence-corrected chi connectivity index (χ3v) is 15.4. The highest BCUT2D eigenvalue weighted by Gasteiger charge is 2.74. The van der Waals surface area contributed by atoms with Gasteiger partial charge in [0.25, 0.3) is 0 Å². The number of sulfonamides is 1. The van der Waals surface area contributed by atoms with E-state index in [0.29, 0.717) is 25.8 Å². The van der Waals surface area contributed by atoms with Crippen LogP contribution in [0.2, 0.25) is 0 Å². The monoisotopic (exact) mass is 623 g/mol. The van der Waals surface area contributed by atoms with E-state index in [9.17, 15) is 23.4 Å². The van der Waals surface area contributed by atoms with Gasteiger partial charge in [0, 0.05) is 39.6 Å². The van der Waals surface area contributed by atoms with Gasteiger partial charge < -0.3 is 10.2 Å². The lowest BCUT2D eigenvalue weighted by atomic mass is 9.32. The summed E-state index contributed by atoms with van der Waals surface area (Å²) in [5.74, 6) is 0.271. The predicted octanol–water partition coefficient (Wildman–Crippen LogP) is 6.35. The number of Topliss-reactive ketones (excluding diaryl/α,β-unsaturated/α-hetero) is 1. The summed E-state index contributed by atoms with van der Waals surface area (Å²) >= 11 is 1.54. The van der Waals surface area contributed by atoms with Crippen LogP contribution in [-0.2, 0) is 10.0 Å². The van der Waals surface area contributed by atoms with Crippen molar-refractivity contribution in [3.63, 3.8) is 0 Å². The van der Waals surface area contributed by atoms with Gasteiger partial charge in [-0.15, -0.1) is 11.3 Å². The van der Waals surface area contributed by atoms with Crippen molar-refractivity contribution < 1.29 is 23.4 Å². The van der Waals surface area contributed by atoms with Crippen LogP contribution in [0.4, 0.5) is 0 Å². The topological polar surface area (TPSA) is 94.9 Å². The van der Waals surface area contributed by atoms with Gasteiger partial charge in [-0.3, -0.25) is 4.79 Å². The standard InChI is InChI=1S/C35H45NO5S2/c1-5-18-36(43(4,40)41)22-34(39)15-12-29-32(34,3)14-11-28-31(2)13-10-24(37)20-33(31)16-17-35(28,29)25(21-33)30(38)27-19-23-8-6-7-9-26(23)42-27/h6-9,16-17,19,21,24,28-29,37,39H,5,10-15,18,20,22H2,1-4H3/t24?,28-,29-,31-,32+,33+,34-,35-/m1/s1. The number of ketones is 1. The Morgan fingerprint density at radius 3 is 2.47 bits per heavy atom. The van der Waals surface area contributed by atoms with Gasteiger partial charge in [0.1, 0.15) is 0 Å². The lowest BCUT2D eigenvalue weighted by Gasteiger charge is -2.71. The smallest absolute Gasteiger partial charge is 0.211 e. The summed E-state index contributed by atoms with van der Waals surface area (Å²) in [6, 6.07) is 10.1. The van der Waals surface area contributed by atoms with Crippen LogP contribution < -0.4 is 0 Å². The highest BCUT2D eigenvalue weighted by Crippen LogP contribution is 2.78. The van der Waals surface area contributed by atoms with Crippen molar-refractivity contribution in [2.45, 2.75) is 83.8 Å². The van der Waals surface area contributed by atoms with Gasteiger partial charge in [-0.1, -0.05) is 57.2 Å². The first kappa shape index (κ1) is 29.8. The van der Waals surface area contributed by atoms with E-state index in [2.05, 4.69) is 44.2 Å². The molecule has 3 fully saturated rings. The molecule has 232 valence electrons. The molecular formula is C35H45NO5S2. The average molecular weight is 624 g/mol. The number of nitrogens with zero attached hydrogens (tertiary/aromatic N) is 1. The van der Waals surface area contributed by atoms with E-state index in [1.807, 2.05) is 25.1 Å². The normalized spacial score (nSPS) is 41.7. The highest BCUT2D eigenvalue weighted by molar-refractivity contribution is 7.88. The summed E-state index contributed by atoms with van der Waals surface area (Å²) in [4.78, 5) is 15.5. The van der Waals surface area contributed by atoms with Crippen LogP contribution in [0.3, 0.4) is 0 Å². The average Bonchev–Trinajstić information content (AvgIpc) is 3.50. The van der Waals surface area contributed by atoms with E-state index in [0.717, 1.165) is 52.6 Å². The van der Waals surface area contributed by atoms with Crippen LogP contribution in [0.15, 0.2) is 54.1 Å². The maximum Gasteiger partial charge on any atom is 0.211 e. The maximum atomic E-state index is 14.8. The summed E-state index contributed by atoms with van der Waals surface area (Å²) in [7, 11) is -3.49. The molecule has 8 rings (SSSR count). The van der Waals surface area contributed by atoms with Crippen LogP contribution in [0.25, 0.3) is 10.1 Å². The van der Waals surface area contributed by atoms with Gasteiger partial charge in [0.05, 0.1) is 22.8 Å². The summed E-state index contributed by atoms with van der Waals surface area (Å²) in [6.45, 7) is 6.99. The molecule has 0 radical (unpaired) electrons. The van der Waals surface area contributed by atoms with E-state index < -0.39 is 32.6 Å². The molecule has 2 bridgehead atoms. The molecule has 8 atom stereocenters. The third kappa shape index (κ3) is 3.92. The van der Waals surface area contributed by atoms with E-state index in [-0.39, 0.29) is 35.0 Å². The van der Waals surface area contributed by atoms with Crippen molar-refractivity contribution in [3.8, 4) is 0 Å². The molecule has 6 nitrogen and oxygen atoms in total. The van der Waals surface area contributed by atoms with Gasteiger partial charge in [-0.2, -0.15) is 4.31 Å². The number of fused-ring (bicyclic) bond motifs is 2. The minimum absolute atomic E-state index is 0.00501. The van der Waals surface area contributed by atoms with Crippen LogP contribution in [-0.4, -0.2) is 59.8 Å². The van der Waals surface area contributed by atoms with Crippen molar-refractivity contribution >= 4 is 37.2 Å². The van der Waals surface area contributed by atoms with E-state index in [1.165, 1.54) is 10.6 Å². The number of hydrogen-bond donors (Lipinski definition) is 2. The fraction of sp³-hybridized carbons (Fsp3) is 0.629. The molecular weight excluding hydrogens is 579 g/mol. The molecule has 2 aromatic rings. The molecule has 3 saturated carbocycles.